The summed E-state index contributed by atoms with van der Waals surface area (Å²) in [5.74, 6) is 0.907. The van der Waals surface area contributed by atoms with Gasteiger partial charge in [0.05, 0.1) is 4.92 Å². The van der Waals surface area contributed by atoms with Crippen LogP contribution in [0.1, 0.15) is 36.4 Å². The van der Waals surface area contributed by atoms with Gasteiger partial charge in [-0.1, -0.05) is 17.7 Å². The van der Waals surface area contributed by atoms with Crippen LogP contribution >= 0.6 is 0 Å². The lowest BCUT2D eigenvalue weighted by Gasteiger charge is -2.34. The Bertz CT molecular complexity index is 981. The van der Waals surface area contributed by atoms with E-state index in [0.717, 1.165) is 19.4 Å². The third-order valence-electron chi connectivity index (χ3n) is 4.98. The van der Waals surface area contributed by atoms with E-state index in [1.54, 1.807) is 12.1 Å². The van der Waals surface area contributed by atoms with Gasteiger partial charge in [0.25, 0.3) is 5.69 Å². The molecule has 1 aliphatic heterocycles. The van der Waals surface area contributed by atoms with Crippen LogP contribution in [0.25, 0.3) is 11.5 Å². The Balaban J connectivity index is 1.59. The maximum atomic E-state index is 10.8. The molecule has 0 saturated carbocycles. The first kappa shape index (κ1) is 17.2. The Labute approximate surface area is 156 Å². The van der Waals surface area contributed by atoms with Gasteiger partial charge in [0, 0.05) is 29.9 Å². The molecule has 0 N–H and O–H groups in total. The molecule has 1 atom stereocenters. The van der Waals surface area contributed by atoms with Crippen LogP contribution in [0.15, 0.2) is 46.9 Å². The van der Waals surface area contributed by atoms with Crippen LogP contribution in [0.2, 0.25) is 0 Å². The summed E-state index contributed by atoms with van der Waals surface area (Å²) in [4.78, 5) is 12.7. The first-order valence-electron chi connectivity index (χ1n) is 8.97. The smallest absolute Gasteiger partial charge is 0.269 e. The summed E-state index contributed by atoms with van der Waals surface area (Å²) in [5.41, 5.74) is 4.53. The fourth-order valence-corrected chi connectivity index (χ4v) is 3.54. The summed E-state index contributed by atoms with van der Waals surface area (Å²) in [5, 5.41) is 19.1. The van der Waals surface area contributed by atoms with Crippen LogP contribution < -0.4 is 4.90 Å². The van der Waals surface area contributed by atoms with Gasteiger partial charge in [0.15, 0.2) is 0 Å². The predicted octanol–water partition coefficient (Wildman–Crippen LogP) is 4.47. The molecule has 7 nitrogen and oxygen atoms in total. The van der Waals surface area contributed by atoms with Gasteiger partial charge in [-0.25, -0.2) is 0 Å². The summed E-state index contributed by atoms with van der Waals surface area (Å²) in [6, 6.07) is 12.6. The first-order chi connectivity index (χ1) is 13.0. The number of benzene rings is 2. The summed E-state index contributed by atoms with van der Waals surface area (Å²) < 4.78 is 5.89. The van der Waals surface area contributed by atoms with Crippen LogP contribution in [0.4, 0.5) is 11.4 Å². The largest absolute Gasteiger partial charge is 0.418 e. The zero-order valence-electron chi connectivity index (χ0n) is 15.3. The molecule has 2 heterocycles. The van der Waals surface area contributed by atoms with Crippen molar-refractivity contribution in [3.8, 4) is 11.5 Å². The van der Waals surface area contributed by atoms with Crippen LogP contribution in [-0.2, 0) is 6.42 Å². The molecule has 0 spiro atoms. The van der Waals surface area contributed by atoms with Crippen molar-refractivity contribution in [3.63, 3.8) is 0 Å². The standard InChI is InChI=1S/C20H20N4O3/c1-13-5-10-18-16(12-13)4-3-11-23(18)14(2)19-21-22-20(27-19)15-6-8-17(9-7-15)24(25)26/h5-10,12,14H,3-4,11H2,1-2H3/t14-/m0/s1. The molecule has 0 amide bonds. The Morgan fingerprint density at radius 3 is 2.70 bits per heavy atom. The van der Waals surface area contributed by atoms with Crippen molar-refractivity contribution in [3.05, 3.63) is 69.6 Å². The highest BCUT2D eigenvalue weighted by atomic mass is 16.6. The maximum Gasteiger partial charge on any atom is 0.269 e. The number of fused-ring (bicyclic) bond motifs is 1. The Morgan fingerprint density at radius 1 is 1.19 bits per heavy atom. The summed E-state index contributed by atoms with van der Waals surface area (Å²) in [7, 11) is 0. The molecule has 27 heavy (non-hydrogen) atoms. The van der Waals surface area contributed by atoms with Gasteiger partial charge in [-0.2, -0.15) is 0 Å². The third-order valence-corrected chi connectivity index (χ3v) is 4.98. The van der Waals surface area contributed by atoms with E-state index in [2.05, 4.69) is 47.1 Å². The molecule has 138 valence electrons. The highest BCUT2D eigenvalue weighted by Gasteiger charge is 2.26. The summed E-state index contributed by atoms with van der Waals surface area (Å²) in [6.07, 6.45) is 2.17. The number of hydrogen-bond acceptors (Lipinski definition) is 6. The van der Waals surface area contributed by atoms with Crippen LogP contribution in [0, 0.1) is 17.0 Å². The second kappa shape index (κ2) is 6.83. The first-order valence-corrected chi connectivity index (χ1v) is 8.97. The molecule has 0 radical (unpaired) electrons. The van der Waals surface area contributed by atoms with Gasteiger partial charge in [0.1, 0.15) is 6.04 Å². The monoisotopic (exact) mass is 364 g/mol. The molecule has 0 saturated heterocycles. The summed E-state index contributed by atoms with van der Waals surface area (Å²) >= 11 is 0. The minimum absolute atomic E-state index is 0.0343. The SMILES string of the molecule is Cc1ccc2c(c1)CCCN2[C@@H](C)c1nnc(-c2ccc([N+](=O)[O-])cc2)o1. The van der Waals surface area contributed by atoms with Crippen LogP contribution in [0.5, 0.6) is 0 Å². The number of hydrogen-bond donors (Lipinski definition) is 0. The van der Waals surface area contributed by atoms with Crippen molar-refractivity contribution in [2.24, 2.45) is 0 Å². The van der Waals surface area contributed by atoms with Gasteiger partial charge in [-0.05, 0) is 50.5 Å². The minimum atomic E-state index is -0.430. The highest BCUT2D eigenvalue weighted by molar-refractivity contribution is 5.58. The number of aromatic nitrogens is 2. The fourth-order valence-electron chi connectivity index (χ4n) is 3.54. The van der Waals surface area contributed by atoms with E-state index in [4.69, 9.17) is 4.42 Å². The molecular weight excluding hydrogens is 344 g/mol. The molecule has 7 heteroatoms. The second-order valence-electron chi connectivity index (χ2n) is 6.85. The van der Waals surface area contributed by atoms with E-state index in [-0.39, 0.29) is 11.7 Å². The molecule has 1 aromatic heterocycles. The van der Waals surface area contributed by atoms with Crippen molar-refractivity contribution < 1.29 is 9.34 Å². The molecule has 0 fully saturated rings. The van der Waals surface area contributed by atoms with E-state index in [9.17, 15) is 10.1 Å². The minimum Gasteiger partial charge on any atom is -0.418 e. The fraction of sp³-hybridized carbons (Fsp3) is 0.300. The van der Waals surface area contributed by atoms with Crippen molar-refractivity contribution >= 4 is 11.4 Å². The Kier molecular flexibility index (Phi) is 4.35. The Morgan fingerprint density at radius 2 is 1.96 bits per heavy atom. The van der Waals surface area contributed by atoms with Gasteiger partial charge >= 0.3 is 0 Å². The molecule has 0 bridgehead atoms. The Hall–Kier alpha value is -3.22. The van der Waals surface area contributed by atoms with Crippen LogP contribution in [0.3, 0.4) is 0 Å². The number of anilines is 1. The number of nitro benzene ring substituents is 1. The molecule has 0 aliphatic carbocycles. The lowest BCUT2D eigenvalue weighted by atomic mass is 9.98. The maximum absolute atomic E-state index is 10.8. The van der Waals surface area contributed by atoms with Crippen molar-refractivity contribution in [2.45, 2.75) is 32.7 Å². The lowest BCUT2D eigenvalue weighted by molar-refractivity contribution is -0.384. The van der Waals surface area contributed by atoms with Gasteiger partial charge < -0.3 is 9.32 Å². The topological polar surface area (TPSA) is 85.3 Å². The highest BCUT2D eigenvalue weighted by Crippen LogP contribution is 2.35. The van der Waals surface area contributed by atoms with E-state index in [0.29, 0.717) is 17.3 Å². The molecule has 3 aromatic rings. The number of nitrogens with zero attached hydrogens (tertiary/aromatic N) is 4. The third kappa shape index (κ3) is 3.28. The molecule has 0 unspecified atom stereocenters. The summed E-state index contributed by atoms with van der Waals surface area (Å²) in [6.45, 7) is 5.10. The van der Waals surface area contributed by atoms with Crippen molar-refractivity contribution in [1.82, 2.24) is 10.2 Å². The molecule has 2 aromatic carbocycles. The molecular formula is C20H20N4O3. The van der Waals surface area contributed by atoms with Gasteiger partial charge in [-0.15, -0.1) is 10.2 Å². The number of rotatable bonds is 4. The average molecular weight is 364 g/mol. The quantitative estimate of drug-likeness (QED) is 0.502. The van der Waals surface area contributed by atoms with E-state index < -0.39 is 4.92 Å². The zero-order chi connectivity index (χ0) is 19.0. The number of aryl methyl sites for hydroxylation is 2. The lowest BCUT2D eigenvalue weighted by Crippen LogP contribution is -2.32. The van der Waals surface area contributed by atoms with E-state index in [1.165, 1.54) is 28.9 Å². The second-order valence-corrected chi connectivity index (χ2v) is 6.85. The molecule has 1 aliphatic rings. The normalized spacial score (nSPS) is 14.7. The average Bonchev–Trinajstić information content (AvgIpc) is 3.17. The number of nitro groups is 1. The van der Waals surface area contributed by atoms with Crippen molar-refractivity contribution in [1.29, 1.82) is 0 Å². The zero-order valence-corrected chi connectivity index (χ0v) is 15.3. The van der Waals surface area contributed by atoms with Crippen LogP contribution in [-0.4, -0.2) is 21.7 Å². The van der Waals surface area contributed by atoms with E-state index >= 15 is 0 Å². The van der Waals surface area contributed by atoms with Gasteiger partial charge in [0.2, 0.25) is 11.8 Å². The van der Waals surface area contributed by atoms with E-state index in [1.807, 2.05) is 0 Å². The van der Waals surface area contributed by atoms with Crippen molar-refractivity contribution in [2.75, 3.05) is 11.4 Å². The molecule has 4 rings (SSSR count). The predicted molar refractivity (Wildman–Crippen MR) is 102 cm³/mol. The number of non-ortho nitro benzene ring substituents is 1. The van der Waals surface area contributed by atoms with Gasteiger partial charge in [-0.3, -0.25) is 10.1 Å².